The summed E-state index contributed by atoms with van der Waals surface area (Å²) in [5.41, 5.74) is 6.10. The molecular weight excluding hydrogens is 372 g/mol. The van der Waals surface area contributed by atoms with Gasteiger partial charge < -0.3 is 9.47 Å². The van der Waals surface area contributed by atoms with Crippen LogP contribution in [0.5, 0.6) is 0 Å². The van der Waals surface area contributed by atoms with Gasteiger partial charge in [0.2, 0.25) is 5.96 Å². The van der Waals surface area contributed by atoms with E-state index in [1.165, 1.54) is 0 Å². The molecule has 0 spiro atoms. The van der Waals surface area contributed by atoms with Gasteiger partial charge in [0, 0.05) is 0 Å². The van der Waals surface area contributed by atoms with Gasteiger partial charge >= 0.3 is 12.2 Å². The summed E-state index contributed by atoms with van der Waals surface area (Å²) < 4.78 is 10.3. The number of aliphatic imine (C=N–C) groups is 1. The van der Waals surface area contributed by atoms with Crippen LogP contribution in [0.3, 0.4) is 0 Å². The first kappa shape index (κ1) is 21.7. The van der Waals surface area contributed by atoms with Crippen LogP contribution in [0.25, 0.3) is 0 Å². The lowest BCUT2D eigenvalue weighted by Crippen LogP contribution is -2.50. The molecule has 2 aromatic carbocycles. The number of benzene rings is 2. The van der Waals surface area contributed by atoms with Crippen molar-refractivity contribution in [3.05, 3.63) is 71.8 Å². The zero-order chi connectivity index (χ0) is 21.1. The van der Waals surface area contributed by atoms with Crippen LogP contribution in [0, 0.1) is 0 Å². The van der Waals surface area contributed by atoms with E-state index >= 15 is 0 Å². The Kier molecular flexibility index (Phi) is 8.02. The third-order valence-electron chi connectivity index (χ3n) is 3.38. The van der Waals surface area contributed by atoms with Crippen molar-refractivity contribution in [2.75, 3.05) is 0 Å². The van der Waals surface area contributed by atoms with Crippen LogP contribution in [-0.2, 0) is 22.7 Å². The van der Waals surface area contributed by atoms with E-state index in [4.69, 9.17) is 9.47 Å². The van der Waals surface area contributed by atoms with Crippen LogP contribution in [0.15, 0.2) is 65.7 Å². The zero-order valence-corrected chi connectivity index (χ0v) is 16.8. The monoisotopic (exact) mass is 398 g/mol. The van der Waals surface area contributed by atoms with Crippen molar-refractivity contribution in [1.82, 2.24) is 16.2 Å². The van der Waals surface area contributed by atoms with Gasteiger partial charge in [0.1, 0.15) is 13.2 Å². The number of nitrogens with one attached hydrogen (secondary N) is 3. The number of carbonyl (C=O) groups excluding carboxylic acids is 2. The lowest BCUT2D eigenvalue weighted by atomic mass is 10.1. The zero-order valence-electron chi connectivity index (χ0n) is 16.8. The van der Waals surface area contributed by atoms with Crippen LogP contribution in [0.1, 0.15) is 31.9 Å². The third-order valence-corrected chi connectivity index (χ3v) is 3.38. The third kappa shape index (κ3) is 9.28. The molecule has 2 aromatic rings. The largest absolute Gasteiger partial charge is 0.444 e. The Hall–Kier alpha value is -3.55. The second kappa shape index (κ2) is 10.7. The quantitative estimate of drug-likeness (QED) is 0.416. The Balaban J connectivity index is 1.84. The predicted octanol–water partition coefficient (Wildman–Crippen LogP) is 3.50. The lowest BCUT2D eigenvalue weighted by Gasteiger charge is -2.18. The second-order valence-electron chi connectivity index (χ2n) is 7.13. The molecule has 0 heterocycles. The van der Waals surface area contributed by atoms with Gasteiger partial charge in [-0.25, -0.2) is 20.0 Å². The molecule has 0 aliphatic rings. The minimum Gasteiger partial charge on any atom is -0.444 e. The van der Waals surface area contributed by atoms with Gasteiger partial charge in [0.05, 0.1) is 5.54 Å². The van der Waals surface area contributed by atoms with Gasteiger partial charge in [-0.1, -0.05) is 60.7 Å². The van der Waals surface area contributed by atoms with E-state index in [0.717, 1.165) is 11.1 Å². The fourth-order valence-electron chi connectivity index (χ4n) is 2.15. The van der Waals surface area contributed by atoms with Crippen LogP contribution in [-0.4, -0.2) is 23.7 Å². The molecular formula is C21H26N4O4. The number of carbonyl (C=O) groups is 2. The summed E-state index contributed by atoms with van der Waals surface area (Å²) in [5, 5.41) is 2.48. The SMILES string of the molecule is CC(C)(C)N=C(NNC(=O)OCc1ccccc1)NC(=O)OCc1ccccc1. The Bertz CT molecular complexity index is 818. The maximum absolute atomic E-state index is 12.1. The molecule has 0 atom stereocenters. The molecule has 154 valence electrons. The number of guanidine groups is 1. The lowest BCUT2D eigenvalue weighted by molar-refractivity contribution is 0.136. The molecule has 3 N–H and O–H groups in total. The van der Waals surface area contributed by atoms with Gasteiger partial charge in [-0.2, -0.15) is 0 Å². The molecule has 0 saturated heterocycles. The summed E-state index contributed by atoms with van der Waals surface area (Å²) in [6.45, 7) is 5.77. The van der Waals surface area contributed by atoms with Crippen LogP contribution in [0.2, 0.25) is 0 Å². The van der Waals surface area contributed by atoms with Crippen molar-refractivity contribution < 1.29 is 19.1 Å². The second-order valence-corrected chi connectivity index (χ2v) is 7.13. The molecule has 2 amide bonds. The molecule has 0 saturated carbocycles. The maximum atomic E-state index is 12.1. The highest BCUT2D eigenvalue weighted by Gasteiger charge is 2.14. The van der Waals surface area contributed by atoms with Crippen molar-refractivity contribution in [3.63, 3.8) is 0 Å². The van der Waals surface area contributed by atoms with E-state index in [1.807, 2.05) is 81.4 Å². The number of hydrogen-bond acceptors (Lipinski definition) is 5. The van der Waals surface area contributed by atoms with E-state index < -0.39 is 17.7 Å². The predicted molar refractivity (Wildman–Crippen MR) is 110 cm³/mol. The normalized spacial score (nSPS) is 11.3. The van der Waals surface area contributed by atoms with E-state index in [9.17, 15) is 9.59 Å². The van der Waals surface area contributed by atoms with Crippen molar-refractivity contribution in [2.45, 2.75) is 39.5 Å². The van der Waals surface area contributed by atoms with Crippen molar-refractivity contribution in [3.8, 4) is 0 Å². The van der Waals surface area contributed by atoms with Crippen LogP contribution < -0.4 is 16.2 Å². The fourth-order valence-corrected chi connectivity index (χ4v) is 2.15. The average Bonchev–Trinajstić information content (AvgIpc) is 2.69. The highest BCUT2D eigenvalue weighted by Crippen LogP contribution is 2.06. The standard InChI is InChI=1S/C21H26N4O4/c1-21(2,3)23-18(22-19(26)28-14-16-10-6-4-7-11-16)24-25-20(27)29-15-17-12-8-5-9-13-17/h4-13H,14-15H2,1-3H3,(H,25,27)(H2,22,23,24,26). The minimum absolute atomic E-state index is 0.0345. The number of alkyl carbamates (subject to hydrolysis) is 1. The van der Waals surface area contributed by atoms with E-state index in [2.05, 4.69) is 21.2 Å². The highest BCUT2D eigenvalue weighted by molar-refractivity contribution is 5.94. The summed E-state index contributed by atoms with van der Waals surface area (Å²) in [5.74, 6) is 0.0345. The molecule has 0 fully saturated rings. The Morgan fingerprint density at radius 2 is 1.28 bits per heavy atom. The van der Waals surface area contributed by atoms with Gasteiger partial charge in [-0.05, 0) is 31.9 Å². The number of ether oxygens (including phenoxy) is 2. The molecule has 0 aliphatic carbocycles. The Morgan fingerprint density at radius 3 is 1.76 bits per heavy atom. The Morgan fingerprint density at radius 1 is 0.793 bits per heavy atom. The molecule has 0 bridgehead atoms. The maximum Gasteiger partial charge on any atom is 0.426 e. The van der Waals surface area contributed by atoms with Crippen molar-refractivity contribution >= 4 is 18.1 Å². The summed E-state index contributed by atoms with van der Waals surface area (Å²) in [6.07, 6.45) is -1.42. The fraction of sp³-hybridized carbons (Fsp3) is 0.286. The molecule has 0 unspecified atom stereocenters. The van der Waals surface area contributed by atoms with E-state index in [1.54, 1.807) is 0 Å². The first-order valence-electron chi connectivity index (χ1n) is 9.12. The smallest absolute Gasteiger partial charge is 0.426 e. The summed E-state index contributed by atoms with van der Waals surface area (Å²) in [4.78, 5) is 28.3. The molecule has 0 radical (unpaired) electrons. The van der Waals surface area contributed by atoms with Gasteiger partial charge in [-0.3, -0.25) is 10.7 Å². The van der Waals surface area contributed by atoms with Crippen LogP contribution >= 0.6 is 0 Å². The van der Waals surface area contributed by atoms with Gasteiger partial charge in [0.25, 0.3) is 0 Å². The summed E-state index contributed by atoms with van der Waals surface area (Å²) in [6, 6.07) is 18.6. The molecule has 2 rings (SSSR count). The topological polar surface area (TPSA) is 101 Å². The van der Waals surface area contributed by atoms with Crippen molar-refractivity contribution in [2.24, 2.45) is 4.99 Å². The molecule has 8 heteroatoms. The van der Waals surface area contributed by atoms with Crippen LogP contribution in [0.4, 0.5) is 9.59 Å². The number of hydrazine groups is 1. The van der Waals surface area contributed by atoms with Crippen molar-refractivity contribution in [1.29, 1.82) is 0 Å². The molecule has 0 aliphatic heterocycles. The molecule has 0 aromatic heterocycles. The number of nitrogens with zero attached hydrogens (tertiary/aromatic N) is 1. The minimum atomic E-state index is -0.713. The van der Waals surface area contributed by atoms with Gasteiger partial charge in [-0.15, -0.1) is 0 Å². The summed E-state index contributed by atoms with van der Waals surface area (Å²) >= 11 is 0. The number of amides is 2. The Labute approximate surface area is 170 Å². The summed E-state index contributed by atoms with van der Waals surface area (Å²) in [7, 11) is 0. The average molecular weight is 398 g/mol. The first-order chi connectivity index (χ1) is 13.8. The molecule has 8 nitrogen and oxygen atoms in total. The van der Waals surface area contributed by atoms with Gasteiger partial charge in [0.15, 0.2) is 0 Å². The number of rotatable bonds is 4. The molecule has 29 heavy (non-hydrogen) atoms. The highest BCUT2D eigenvalue weighted by atomic mass is 16.6. The van der Waals surface area contributed by atoms with E-state index in [0.29, 0.717) is 0 Å². The first-order valence-corrected chi connectivity index (χ1v) is 9.12. The number of hydrogen-bond donors (Lipinski definition) is 3. The van der Waals surface area contributed by atoms with E-state index in [-0.39, 0.29) is 19.2 Å².